The van der Waals surface area contributed by atoms with E-state index in [0.717, 1.165) is 38.8 Å². The highest BCUT2D eigenvalue weighted by atomic mass is 32.2. The zero-order valence-electron chi connectivity index (χ0n) is 16.7. The zero-order chi connectivity index (χ0) is 19.8. The lowest BCUT2D eigenvalue weighted by atomic mass is 9.91. The van der Waals surface area contributed by atoms with E-state index in [-0.39, 0.29) is 11.9 Å². The second-order valence-corrected chi connectivity index (χ2v) is 10.1. The quantitative estimate of drug-likeness (QED) is 0.636. The maximum absolute atomic E-state index is 11.3. The van der Waals surface area contributed by atoms with Gasteiger partial charge in [-0.3, -0.25) is 4.90 Å². The number of hydrogen-bond acceptors (Lipinski definition) is 4. The van der Waals surface area contributed by atoms with Crippen LogP contribution in [0, 0.1) is 0 Å². The van der Waals surface area contributed by atoms with Crippen LogP contribution in [0.5, 0.6) is 0 Å². The van der Waals surface area contributed by atoms with Crippen molar-refractivity contribution in [3.05, 3.63) is 71.8 Å². The summed E-state index contributed by atoms with van der Waals surface area (Å²) in [5.41, 5.74) is 2.68. The zero-order valence-corrected chi connectivity index (χ0v) is 17.5. The van der Waals surface area contributed by atoms with Crippen LogP contribution in [0.4, 0.5) is 0 Å². The summed E-state index contributed by atoms with van der Waals surface area (Å²) in [6, 6.07) is 21.8. The Labute approximate surface area is 169 Å². The molecule has 1 aliphatic rings. The predicted molar refractivity (Wildman–Crippen MR) is 114 cm³/mol. The smallest absolute Gasteiger partial charge is 0.149 e. The molecule has 0 bridgehead atoms. The SMILES string of the molecule is CS(=O)(=O)CCOC1CCC(N(Cc2ccccc2)Cc2ccccc2)CC1. The summed E-state index contributed by atoms with van der Waals surface area (Å²) in [5, 5.41) is 0. The van der Waals surface area contributed by atoms with Gasteiger partial charge in [-0.1, -0.05) is 60.7 Å². The number of nitrogens with zero attached hydrogens (tertiary/aromatic N) is 1. The van der Waals surface area contributed by atoms with Crippen molar-refractivity contribution in [3.63, 3.8) is 0 Å². The Morgan fingerprint density at radius 1 is 0.857 bits per heavy atom. The largest absolute Gasteiger partial charge is 0.377 e. The first kappa shape index (κ1) is 21.0. The normalized spacial score (nSPS) is 20.4. The first-order chi connectivity index (χ1) is 13.5. The molecule has 0 N–H and O–H groups in total. The van der Waals surface area contributed by atoms with E-state index in [1.54, 1.807) is 0 Å². The standard InChI is InChI=1S/C23H31NO3S/c1-28(25,26)17-16-27-23-14-12-22(13-15-23)24(18-20-8-4-2-5-9-20)19-21-10-6-3-7-11-21/h2-11,22-23H,12-19H2,1H3. The third kappa shape index (κ3) is 7.04. The summed E-state index contributed by atoms with van der Waals surface area (Å²) in [5.74, 6) is 0.112. The van der Waals surface area contributed by atoms with Crippen LogP contribution in [0.3, 0.4) is 0 Å². The average molecular weight is 402 g/mol. The highest BCUT2D eigenvalue weighted by molar-refractivity contribution is 7.90. The predicted octanol–water partition coefficient (Wildman–Crippen LogP) is 4.06. The van der Waals surface area contributed by atoms with Gasteiger partial charge in [0.2, 0.25) is 0 Å². The Hall–Kier alpha value is -1.69. The molecule has 0 radical (unpaired) electrons. The minimum Gasteiger partial charge on any atom is -0.377 e. The lowest BCUT2D eigenvalue weighted by Gasteiger charge is -2.37. The molecular weight excluding hydrogens is 370 g/mol. The number of hydrogen-bond donors (Lipinski definition) is 0. The fraction of sp³-hybridized carbons (Fsp3) is 0.478. The van der Waals surface area contributed by atoms with E-state index in [2.05, 4.69) is 65.6 Å². The van der Waals surface area contributed by atoms with Crippen LogP contribution in [0.15, 0.2) is 60.7 Å². The molecule has 0 heterocycles. The molecule has 2 aromatic carbocycles. The Balaban J connectivity index is 1.58. The molecule has 0 amide bonds. The maximum Gasteiger partial charge on any atom is 0.149 e. The summed E-state index contributed by atoms with van der Waals surface area (Å²) in [6.45, 7) is 2.20. The topological polar surface area (TPSA) is 46.6 Å². The first-order valence-corrected chi connectivity index (χ1v) is 12.2. The molecule has 0 atom stereocenters. The van der Waals surface area contributed by atoms with Crippen molar-refractivity contribution in [3.8, 4) is 0 Å². The second kappa shape index (κ2) is 10.2. The molecule has 0 saturated heterocycles. The molecule has 2 aromatic rings. The molecule has 4 nitrogen and oxygen atoms in total. The molecule has 5 heteroatoms. The van der Waals surface area contributed by atoms with Crippen LogP contribution in [-0.2, 0) is 27.7 Å². The van der Waals surface area contributed by atoms with E-state index in [0.29, 0.717) is 12.6 Å². The van der Waals surface area contributed by atoms with Crippen molar-refractivity contribution in [2.75, 3.05) is 18.6 Å². The lowest BCUT2D eigenvalue weighted by molar-refractivity contribution is 0.0114. The van der Waals surface area contributed by atoms with Gasteiger partial charge in [0.1, 0.15) is 9.84 Å². The van der Waals surface area contributed by atoms with Crippen molar-refractivity contribution in [2.45, 2.75) is 50.9 Å². The first-order valence-electron chi connectivity index (χ1n) is 10.1. The van der Waals surface area contributed by atoms with Gasteiger partial charge in [-0.25, -0.2) is 8.42 Å². The molecule has 0 spiro atoms. The van der Waals surface area contributed by atoms with Crippen LogP contribution in [0.1, 0.15) is 36.8 Å². The van der Waals surface area contributed by atoms with Crippen molar-refractivity contribution in [2.24, 2.45) is 0 Å². The number of ether oxygens (including phenoxy) is 1. The fourth-order valence-electron chi connectivity index (χ4n) is 3.89. The van der Waals surface area contributed by atoms with E-state index >= 15 is 0 Å². The lowest BCUT2D eigenvalue weighted by Crippen LogP contribution is -2.39. The molecule has 28 heavy (non-hydrogen) atoms. The third-order valence-corrected chi connectivity index (χ3v) is 6.33. The van der Waals surface area contributed by atoms with Crippen molar-refractivity contribution in [1.82, 2.24) is 4.90 Å². The van der Waals surface area contributed by atoms with E-state index in [1.807, 2.05) is 0 Å². The van der Waals surface area contributed by atoms with Gasteiger partial charge in [-0.2, -0.15) is 0 Å². The number of sulfone groups is 1. The van der Waals surface area contributed by atoms with E-state index in [1.165, 1.54) is 17.4 Å². The summed E-state index contributed by atoms with van der Waals surface area (Å²) < 4.78 is 28.4. The van der Waals surface area contributed by atoms with Gasteiger partial charge >= 0.3 is 0 Å². The van der Waals surface area contributed by atoms with Crippen LogP contribution in [0.2, 0.25) is 0 Å². The van der Waals surface area contributed by atoms with Gasteiger partial charge in [0.15, 0.2) is 0 Å². The highest BCUT2D eigenvalue weighted by Crippen LogP contribution is 2.27. The van der Waals surface area contributed by atoms with Gasteiger partial charge in [-0.15, -0.1) is 0 Å². The number of rotatable bonds is 9. The van der Waals surface area contributed by atoms with Gasteiger partial charge in [-0.05, 0) is 36.8 Å². The van der Waals surface area contributed by atoms with Gasteiger partial charge in [0, 0.05) is 25.4 Å². The molecule has 1 aliphatic carbocycles. The molecule has 152 valence electrons. The van der Waals surface area contributed by atoms with Crippen LogP contribution < -0.4 is 0 Å². The minimum absolute atomic E-state index is 0.112. The Kier molecular flexibility index (Phi) is 7.65. The number of benzene rings is 2. The van der Waals surface area contributed by atoms with Gasteiger partial charge < -0.3 is 4.74 Å². The summed E-state index contributed by atoms with van der Waals surface area (Å²) in [7, 11) is -2.95. The van der Waals surface area contributed by atoms with E-state index in [9.17, 15) is 8.42 Å². The van der Waals surface area contributed by atoms with Gasteiger partial charge in [0.25, 0.3) is 0 Å². The summed E-state index contributed by atoms with van der Waals surface area (Å²) >= 11 is 0. The monoisotopic (exact) mass is 401 g/mol. The van der Waals surface area contributed by atoms with Crippen molar-refractivity contribution < 1.29 is 13.2 Å². The Bertz CT molecular complexity index is 759. The second-order valence-electron chi connectivity index (χ2n) is 7.81. The highest BCUT2D eigenvalue weighted by Gasteiger charge is 2.26. The minimum atomic E-state index is -2.95. The van der Waals surface area contributed by atoms with Crippen molar-refractivity contribution in [1.29, 1.82) is 0 Å². The molecule has 0 aromatic heterocycles. The van der Waals surface area contributed by atoms with Gasteiger partial charge in [0.05, 0.1) is 18.5 Å². The molecule has 1 saturated carbocycles. The van der Waals surface area contributed by atoms with E-state index in [4.69, 9.17) is 4.74 Å². The Morgan fingerprint density at radius 3 is 1.82 bits per heavy atom. The fourth-order valence-corrected chi connectivity index (χ4v) is 4.29. The van der Waals surface area contributed by atoms with Crippen LogP contribution in [0.25, 0.3) is 0 Å². The van der Waals surface area contributed by atoms with E-state index < -0.39 is 9.84 Å². The van der Waals surface area contributed by atoms with Crippen LogP contribution >= 0.6 is 0 Å². The molecular formula is C23H31NO3S. The average Bonchev–Trinajstić information content (AvgIpc) is 2.69. The molecule has 3 rings (SSSR count). The third-order valence-electron chi connectivity index (χ3n) is 5.42. The maximum atomic E-state index is 11.3. The summed E-state index contributed by atoms with van der Waals surface area (Å²) in [4.78, 5) is 2.58. The molecule has 1 fully saturated rings. The van der Waals surface area contributed by atoms with Crippen molar-refractivity contribution >= 4 is 9.84 Å². The summed E-state index contributed by atoms with van der Waals surface area (Å²) in [6.07, 6.45) is 5.61. The molecule has 0 unspecified atom stereocenters. The molecule has 0 aliphatic heterocycles. The Morgan fingerprint density at radius 2 is 1.36 bits per heavy atom. The van der Waals surface area contributed by atoms with Crippen LogP contribution in [-0.4, -0.2) is 44.1 Å².